The molecular formula is C19H17N3O6S3. The lowest BCUT2D eigenvalue weighted by Crippen LogP contribution is -2.17. The Labute approximate surface area is 180 Å². The number of hydrogen-bond donors (Lipinski definition) is 2. The van der Waals surface area contributed by atoms with Crippen molar-refractivity contribution in [3.63, 3.8) is 0 Å². The average molecular weight is 480 g/mol. The summed E-state index contributed by atoms with van der Waals surface area (Å²) in [7, 11) is -12.8. The van der Waals surface area contributed by atoms with E-state index in [0.717, 1.165) is 18.5 Å². The van der Waals surface area contributed by atoms with Crippen LogP contribution in [0.15, 0.2) is 104 Å². The van der Waals surface area contributed by atoms with Crippen LogP contribution in [0.3, 0.4) is 0 Å². The van der Waals surface area contributed by atoms with Crippen molar-refractivity contribution < 1.29 is 25.3 Å². The molecule has 1 heterocycles. The number of aromatic nitrogens is 1. The van der Waals surface area contributed by atoms with Gasteiger partial charge in [0.25, 0.3) is 0 Å². The minimum absolute atomic E-state index is 0.0106. The maximum atomic E-state index is 13.2. The molecule has 12 heteroatoms. The first kappa shape index (κ1) is 22.6. The molecular weight excluding hydrogens is 462 g/mol. The summed E-state index contributed by atoms with van der Waals surface area (Å²) in [5, 5.41) is 7.52. The van der Waals surface area contributed by atoms with Crippen LogP contribution in [0, 0.1) is 0 Å². The minimum atomic E-state index is -4.44. The number of sulfonamides is 1. The Balaban J connectivity index is 2.10. The monoisotopic (exact) mass is 479 g/mol. The summed E-state index contributed by atoms with van der Waals surface area (Å²) >= 11 is 0. The van der Waals surface area contributed by atoms with Crippen molar-refractivity contribution in [2.24, 2.45) is 5.14 Å². The third-order valence-electron chi connectivity index (χ3n) is 4.04. The number of nitrogens with two attached hydrogens (primary N) is 1. The number of primary sulfonamides is 1. The molecule has 0 spiro atoms. The molecule has 3 rings (SSSR count). The molecule has 0 saturated heterocycles. The molecule has 0 radical (unpaired) electrons. The van der Waals surface area contributed by atoms with Gasteiger partial charge in [0.2, 0.25) is 29.7 Å². The molecule has 9 nitrogen and oxygen atoms in total. The maximum Gasteiger partial charge on any atom is 0.239 e. The normalized spacial score (nSPS) is 12.2. The van der Waals surface area contributed by atoms with Gasteiger partial charge in [-0.05, 0) is 36.4 Å². The lowest BCUT2D eigenvalue weighted by molar-refractivity contribution is 0.593. The number of sulfone groups is 2. The molecule has 2 aromatic carbocycles. The lowest BCUT2D eigenvalue weighted by atomic mass is 10.4. The van der Waals surface area contributed by atoms with Gasteiger partial charge in [0, 0.05) is 12.4 Å². The molecule has 162 valence electrons. The molecule has 0 aliphatic heterocycles. The van der Waals surface area contributed by atoms with Gasteiger partial charge in [-0.15, -0.1) is 0 Å². The molecule has 0 unspecified atom stereocenters. The number of pyridine rings is 1. The zero-order valence-corrected chi connectivity index (χ0v) is 18.2. The first-order valence-electron chi connectivity index (χ1n) is 8.59. The van der Waals surface area contributed by atoms with Gasteiger partial charge < -0.3 is 5.32 Å². The molecule has 1 aromatic heterocycles. The van der Waals surface area contributed by atoms with Crippen molar-refractivity contribution in [2.75, 3.05) is 5.32 Å². The third kappa shape index (κ3) is 4.99. The summed E-state index contributed by atoms with van der Waals surface area (Å²) in [5.74, 6) is 0.0106. The number of hydrogen-bond acceptors (Lipinski definition) is 8. The molecule has 0 saturated carbocycles. The quantitative estimate of drug-likeness (QED) is 0.521. The minimum Gasteiger partial charge on any atom is -0.345 e. The summed E-state index contributed by atoms with van der Waals surface area (Å²) in [5.41, 5.74) is 0. The predicted molar refractivity (Wildman–Crippen MR) is 115 cm³/mol. The molecule has 0 amide bonds. The van der Waals surface area contributed by atoms with Crippen LogP contribution in [0.1, 0.15) is 0 Å². The first-order chi connectivity index (χ1) is 14.5. The zero-order valence-electron chi connectivity index (χ0n) is 15.8. The van der Waals surface area contributed by atoms with Gasteiger partial charge in [-0.2, -0.15) is 0 Å². The summed E-state index contributed by atoms with van der Waals surface area (Å²) in [6.45, 7) is 0. The van der Waals surface area contributed by atoms with E-state index in [1.165, 1.54) is 54.6 Å². The molecule has 0 bridgehead atoms. The predicted octanol–water partition coefficient (Wildman–Crippen LogP) is 1.89. The fourth-order valence-electron chi connectivity index (χ4n) is 2.50. The number of nitrogens with one attached hydrogen (secondary N) is 1. The molecule has 3 aromatic rings. The standard InChI is InChI=1S/C19H17N3O6S3/c20-31(27,28)17-11-12-18(21-13-17)22-14-19(29(23,24)15-7-3-1-4-8-15)30(25,26)16-9-5-2-6-10-16/h1-14H,(H,21,22)(H2,20,27,28). The summed E-state index contributed by atoms with van der Waals surface area (Å²) in [6, 6.07) is 16.6. The molecule has 31 heavy (non-hydrogen) atoms. The van der Waals surface area contributed by atoms with Crippen LogP contribution < -0.4 is 10.5 Å². The van der Waals surface area contributed by atoms with Crippen molar-refractivity contribution in [3.8, 4) is 0 Å². The Morgan fingerprint density at radius 3 is 1.58 bits per heavy atom. The topological polar surface area (TPSA) is 153 Å². The van der Waals surface area contributed by atoms with E-state index in [-0.39, 0.29) is 20.5 Å². The largest absolute Gasteiger partial charge is 0.345 e. The van der Waals surface area contributed by atoms with Crippen molar-refractivity contribution >= 4 is 35.5 Å². The van der Waals surface area contributed by atoms with E-state index >= 15 is 0 Å². The van der Waals surface area contributed by atoms with Crippen LogP contribution in [0.5, 0.6) is 0 Å². The van der Waals surface area contributed by atoms with Crippen LogP contribution in [-0.4, -0.2) is 30.2 Å². The SMILES string of the molecule is NS(=O)(=O)c1ccc(NC=C(S(=O)(=O)c2ccccc2)S(=O)(=O)c2ccccc2)nc1. The fraction of sp³-hybridized carbons (Fsp3) is 0. The second-order valence-electron chi connectivity index (χ2n) is 6.16. The van der Waals surface area contributed by atoms with Gasteiger partial charge in [-0.25, -0.2) is 35.4 Å². The van der Waals surface area contributed by atoms with Gasteiger partial charge in [0.1, 0.15) is 10.7 Å². The van der Waals surface area contributed by atoms with E-state index in [2.05, 4.69) is 10.3 Å². The summed E-state index contributed by atoms with van der Waals surface area (Å²) in [4.78, 5) is 3.15. The van der Waals surface area contributed by atoms with E-state index in [1.807, 2.05) is 0 Å². The van der Waals surface area contributed by atoms with Gasteiger partial charge >= 0.3 is 0 Å². The Bertz CT molecular complexity index is 1350. The second-order valence-corrected chi connectivity index (χ2v) is 11.8. The zero-order chi connectivity index (χ0) is 22.7. The number of benzene rings is 2. The van der Waals surface area contributed by atoms with E-state index in [4.69, 9.17) is 5.14 Å². The summed E-state index contributed by atoms with van der Waals surface area (Å²) in [6.07, 6.45) is 1.77. The van der Waals surface area contributed by atoms with Gasteiger partial charge in [-0.3, -0.25) is 0 Å². The molecule has 0 atom stereocenters. The lowest BCUT2D eigenvalue weighted by Gasteiger charge is -2.11. The molecule has 0 aliphatic carbocycles. The first-order valence-corrected chi connectivity index (χ1v) is 13.1. The second kappa shape index (κ2) is 8.59. The molecule has 3 N–H and O–H groups in total. The van der Waals surface area contributed by atoms with Crippen LogP contribution in [-0.2, 0) is 29.7 Å². The molecule has 0 aliphatic rings. The van der Waals surface area contributed by atoms with Crippen molar-refractivity contribution in [3.05, 3.63) is 89.4 Å². The van der Waals surface area contributed by atoms with Gasteiger partial charge in [0.05, 0.1) is 9.79 Å². The molecule has 0 fully saturated rings. The Hall–Kier alpha value is -3.06. The van der Waals surface area contributed by atoms with Crippen LogP contribution in [0.25, 0.3) is 0 Å². The average Bonchev–Trinajstić information content (AvgIpc) is 2.74. The Morgan fingerprint density at radius 2 is 1.19 bits per heavy atom. The fourth-order valence-corrected chi connectivity index (χ4v) is 6.61. The highest BCUT2D eigenvalue weighted by Gasteiger charge is 2.33. The van der Waals surface area contributed by atoms with Gasteiger partial charge in [-0.1, -0.05) is 36.4 Å². The van der Waals surface area contributed by atoms with Crippen molar-refractivity contribution in [2.45, 2.75) is 14.7 Å². The highest BCUT2D eigenvalue weighted by Crippen LogP contribution is 2.29. The van der Waals surface area contributed by atoms with Gasteiger partial charge in [0.15, 0.2) is 4.24 Å². The highest BCUT2D eigenvalue weighted by atomic mass is 32.3. The summed E-state index contributed by atoms with van der Waals surface area (Å²) < 4.78 is 74.4. The van der Waals surface area contributed by atoms with Crippen LogP contribution >= 0.6 is 0 Å². The number of nitrogens with zero attached hydrogens (tertiary/aromatic N) is 1. The maximum absolute atomic E-state index is 13.2. The number of rotatable bonds is 7. The Kier molecular flexibility index (Phi) is 6.27. The van der Waals surface area contributed by atoms with Crippen LogP contribution in [0.2, 0.25) is 0 Å². The van der Waals surface area contributed by atoms with Crippen LogP contribution in [0.4, 0.5) is 5.82 Å². The number of anilines is 1. The third-order valence-corrected chi connectivity index (χ3v) is 9.34. The highest BCUT2D eigenvalue weighted by molar-refractivity contribution is 8.14. The Morgan fingerprint density at radius 1 is 0.710 bits per heavy atom. The van der Waals surface area contributed by atoms with E-state index in [9.17, 15) is 25.3 Å². The van der Waals surface area contributed by atoms with E-state index in [1.54, 1.807) is 12.1 Å². The smallest absolute Gasteiger partial charge is 0.239 e. The van der Waals surface area contributed by atoms with Crippen molar-refractivity contribution in [1.82, 2.24) is 4.98 Å². The van der Waals surface area contributed by atoms with E-state index in [0.29, 0.717) is 0 Å². The van der Waals surface area contributed by atoms with E-state index < -0.39 is 33.9 Å². The van der Waals surface area contributed by atoms with Crippen molar-refractivity contribution in [1.29, 1.82) is 0 Å².